The standard InChI is InChI=1S/C22H20N2O3S/c1-6-11-26-15-21(4,8-3)24-20(25)22(5,28)27-18-9-10-19-17(13-18)12-16(7-2)14-23-19/h1-3,9-10,12-14,28H,11,15H2,4-5H3,(H,24,25). The Hall–Kier alpha value is -3.11. The van der Waals surface area contributed by atoms with Crippen molar-refractivity contribution in [2.45, 2.75) is 24.3 Å². The molecule has 2 rings (SSSR count). The van der Waals surface area contributed by atoms with Gasteiger partial charge in [0.05, 0.1) is 12.1 Å². The third-order valence-electron chi connectivity index (χ3n) is 3.84. The van der Waals surface area contributed by atoms with E-state index in [9.17, 15) is 4.79 Å². The Morgan fingerprint density at radius 1 is 1.29 bits per heavy atom. The summed E-state index contributed by atoms with van der Waals surface area (Å²) < 4.78 is 11.1. The molecule has 1 amide bonds. The van der Waals surface area contributed by atoms with Gasteiger partial charge < -0.3 is 14.8 Å². The number of pyridine rings is 1. The van der Waals surface area contributed by atoms with Gasteiger partial charge in [0.25, 0.3) is 5.91 Å². The molecule has 142 valence electrons. The quantitative estimate of drug-likeness (QED) is 0.329. The summed E-state index contributed by atoms with van der Waals surface area (Å²) >= 11 is 4.36. The van der Waals surface area contributed by atoms with Crippen molar-refractivity contribution in [1.29, 1.82) is 0 Å². The van der Waals surface area contributed by atoms with Crippen LogP contribution in [0.2, 0.25) is 0 Å². The first-order valence-corrected chi connectivity index (χ1v) is 8.77. The number of nitrogens with one attached hydrogen (secondary N) is 1. The highest BCUT2D eigenvalue weighted by Crippen LogP contribution is 2.26. The number of ether oxygens (including phenoxy) is 2. The molecule has 6 heteroatoms. The molecule has 5 nitrogen and oxygen atoms in total. The molecule has 1 aromatic heterocycles. The number of rotatable bonds is 7. The maximum absolute atomic E-state index is 12.7. The second kappa shape index (κ2) is 8.72. The largest absolute Gasteiger partial charge is 0.468 e. The summed E-state index contributed by atoms with van der Waals surface area (Å²) in [5, 5.41) is 3.49. The van der Waals surface area contributed by atoms with Crippen LogP contribution >= 0.6 is 12.6 Å². The molecule has 0 aliphatic rings. The third kappa shape index (κ3) is 5.21. The molecule has 0 aliphatic carbocycles. The Morgan fingerprint density at radius 2 is 2.04 bits per heavy atom. The number of benzene rings is 1. The van der Waals surface area contributed by atoms with E-state index in [1.807, 2.05) is 6.07 Å². The molecule has 2 unspecified atom stereocenters. The molecule has 0 radical (unpaired) electrons. The smallest absolute Gasteiger partial charge is 0.275 e. The fraction of sp³-hybridized carbons (Fsp3) is 0.273. The summed E-state index contributed by atoms with van der Waals surface area (Å²) in [4.78, 5) is 15.5. The van der Waals surface area contributed by atoms with Crippen LogP contribution < -0.4 is 10.1 Å². The lowest BCUT2D eigenvalue weighted by molar-refractivity contribution is -0.131. The van der Waals surface area contributed by atoms with E-state index in [1.54, 1.807) is 31.3 Å². The highest BCUT2D eigenvalue weighted by molar-refractivity contribution is 7.82. The van der Waals surface area contributed by atoms with Gasteiger partial charge in [-0.25, -0.2) is 0 Å². The minimum atomic E-state index is -1.49. The first-order valence-electron chi connectivity index (χ1n) is 8.32. The van der Waals surface area contributed by atoms with E-state index < -0.39 is 16.4 Å². The van der Waals surface area contributed by atoms with E-state index in [4.69, 9.17) is 28.7 Å². The number of hydrogen-bond acceptors (Lipinski definition) is 5. The summed E-state index contributed by atoms with van der Waals surface area (Å²) in [5.74, 6) is 7.29. The van der Waals surface area contributed by atoms with Crippen LogP contribution in [0.25, 0.3) is 10.9 Å². The van der Waals surface area contributed by atoms with E-state index in [2.05, 4.69) is 40.7 Å². The molecule has 1 heterocycles. The van der Waals surface area contributed by atoms with Crippen LogP contribution in [0.3, 0.4) is 0 Å². The molecule has 0 spiro atoms. The number of carbonyl (C=O) groups excluding carboxylic acids is 1. The van der Waals surface area contributed by atoms with Gasteiger partial charge in [0.2, 0.25) is 4.93 Å². The number of thiol groups is 1. The van der Waals surface area contributed by atoms with Crippen molar-refractivity contribution in [3.63, 3.8) is 0 Å². The average molecular weight is 392 g/mol. The Morgan fingerprint density at radius 3 is 2.68 bits per heavy atom. The van der Waals surface area contributed by atoms with Crippen LogP contribution in [0.15, 0.2) is 30.5 Å². The van der Waals surface area contributed by atoms with Crippen LogP contribution in [-0.2, 0) is 9.53 Å². The van der Waals surface area contributed by atoms with Crippen molar-refractivity contribution in [1.82, 2.24) is 10.3 Å². The van der Waals surface area contributed by atoms with E-state index in [0.29, 0.717) is 11.3 Å². The van der Waals surface area contributed by atoms with Crippen molar-refractivity contribution in [2.24, 2.45) is 0 Å². The summed E-state index contributed by atoms with van der Waals surface area (Å²) in [5.41, 5.74) is 0.339. The van der Waals surface area contributed by atoms with Crippen LogP contribution in [-0.4, -0.2) is 34.6 Å². The molecule has 0 aliphatic heterocycles. The number of aromatic nitrogens is 1. The lowest BCUT2D eigenvalue weighted by Crippen LogP contribution is -2.55. The van der Waals surface area contributed by atoms with Crippen LogP contribution in [0.5, 0.6) is 5.75 Å². The van der Waals surface area contributed by atoms with Crippen LogP contribution in [0, 0.1) is 37.0 Å². The molecule has 0 fully saturated rings. The van der Waals surface area contributed by atoms with Crippen molar-refractivity contribution in [3.05, 3.63) is 36.0 Å². The molecular weight excluding hydrogens is 372 g/mol. The molecule has 2 aromatic rings. The van der Waals surface area contributed by atoms with Gasteiger partial charge in [-0.3, -0.25) is 9.78 Å². The summed E-state index contributed by atoms with van der Waals surface area (Å²) in [6, 6.07) is 7.01. The lowest BCUT2D eigenvalue weighted by atomic mass is 10.0. The van der Waals surface area contributed by atoms with E-state index in [1.165, 1.54) is 6.92 Å². The zero-order chi connectivity index (χ0) is 20.8. The maximum Gasteiger partial charge on any atom is 0.275 e. The number of carbonyl (C=O) groups is 1. The third-order valence-corrected chi connectivity index (χ3v) is 4.14. The maximum atomic E-state index is 12.7. The summed E-state index contributed by atoms with van der Waals surface area (Å²) in [6.45, 7) is 3.31. The van der Waals surface area contributed by atoms with Crippen molar-refractivity contribution >= 4 is 29.4 Å². The van der Waals surface area contributed by atoms with Gasteiger partial charge in [-0.2, -0.15) is 0 Å². The van der Waals surface area contributed by atoms with E-state index >= 15 is 0 Å². The molecular formula is C22H20N2O3S. The monoisotopic (exact) mass is 392 g/mol. The summed E-state index contributed by atoms with van der Waals surface area (Å²) in [7, 11) is 0. The first-order chi connectivity index (χ1) is 13.2. The second-order valence-electron chi connectivity index (χ2n) is 6.44. The predicted molar refractivity (Wildman–Crippen MR) is 113 cm³/mol. The molecule has 0 saturated carbocycles. The first kappa shape index (κ1) is 21.2. The zero-order valence-corrected chi connectivity index (χ0v) is 16.5. The second-order valence-corrected chi connectivity index (χ2v) is 7.29. The fourth-order valence-electron chi connectivity index (χ4n) is 2.32. The Labute approximate surface area is 170 Å². The molecule has 1 N–H and O–H groups in total. The Balaban J connectivity index is 2.16. The number of hydrogen-bond donors (Lipinski definition) is 2. The number of fused-ring (bicyclic) bond motifs is 1. The van der Waals surface area contributed by atoms with Crippen molar-refractivity contribution in [3.8, 4) is 42.8 Å². The lowest BCUT2D eigenvalue weighted by Gasteiger charge is -2.30. The normalized spacial score (nSPS) is 14.6. The van der Waals surface area contributed by atoms with E-state index in [-0.39, 0.29) is 13.2 Å². The molecule has 0 bridgehead atoms. The molecule has 2 atom stereocenters. The van der Waals surface area contributed by atoms with Gasteiger partial charge in [-0.15, -0.1) is 31.9 Å². The SMILES string of the molecule is C#CCOCC(C)(C#C)NC(=O)C(C)(S)Oc1ccc2ncc(C#C)cc2c1. The molecule has 0 saturated heterocycles. The van der Waals surface area contributed by atoms with Crippen LogP contribution in [0.1, 0.15) is 19.4 Å². The summed E-state index contributed by atoms with van der Waals surface area (Å²) in [6.07, 6.45) is 17.7. The van der Waals surface area contributed by atoms with Gasteiger partial charge in [0.1, 0.15) is 17.9 Å². The van der Waals surface area contributed by atoms with E-state index in [0.717, 1.165) is 10.9 Å². The highest BCUT2D eigenvalue weighted by Gasteiger charge is 2.36. The molecule has 1 aromatic carbocycles. The van der Waals surface area contributed by atoms with Gasteiger partial charge >= 0.3 is 0 Å². The minimum Gasteiger partial charge on any atom is -0.468 e. The van der Waals surface area contributed by atoms with Crippen molar-refractivity contribution in [2.75, 3.05) is 13.2 Å². The highest BCUT2D eigenvalue weighted by atomic mass is 32.1. The fourth-order valence-corrected chi connectivity index (χ4v) is 2.48. The van der Waals surface area contributed by atoms with Gasteiger partial charge in [-0.1, -0.05) is 17.8 Å². The number of amides is 1. The minimum absolute atomic E-state index is 0.0554. The number of nitrogens with zero attached hydrogens (tertiary/aromatic N) is 1. The average Bonchev–Trinajstić information content (AvgIpc) is 2.67. The zero-order valence-electron chi connectivity index (χ0n) is 15.7. The Kier molecular flexibility index (Phi) is 6.60. The van der Waals surface area contributed by atoms with Gasteiger partial charge in [0.15, 0.2) is 0 Å². The number of terminal acetylenes is 3. The molecule has 28 heavy (non-hydrogen) atoms. The predicted octanol–water partition coefficient (Wildman–Crippen LogP) is 2.40. The van der Waals surface area contributed by atoms with Gasteiger partial charge in [0, 0.05) is 17.1 Å². The topological polar surface area (TPSA) is 60.5 Å². The van der Waals surface area contributed by atoms with Crippen LogP contribution in [0.4, 0.5) is 0 Å². The van der Waals surface area contributed by atoms with Gasteiger partial charge in [-0.05, 0) is 38.1 Å². The Bertz CT molecular complexity index is 1010. The van der Waals surface area contributed by atoms with Crippen molar-refractivity contribution < 1.29 is 14.3 Å².